The molecule has 21 heavy (non-hydrogen) atoms. The third-order valence-corrected chi connectivity index (χ3v) is 5.08. The van der Waals surface area contributed by atoms with E-state index in [0.29, 0.717) is 12.1 Å². The molecule has 118 valence electrons. The number of rotatable bonds is 5. The van der Waals surface area contributed by atoms with Gasteiger partial charge in [-0.15, -0.1) is 0 Å². The summed E-state index contributed by atoms with van der Waals surface area (Å²) in [7, 11) is 4.37. The van der Waals surface area contributed by atoms with E-state index in [1.807, 2.05) is 0 Å². The van der Waals surface area contributed by atoms with Crippen molar-refractivity contribution in [3.63, 3.8) is 0 Å². The Hall–Kier alpha value is -0.580. The maximum Gasteiger partial charge on any atom is 0.0511 e. The van der Waals surface area contributed by atoms with Gasteiger partial charge in [0.15, 0.2) is 0 Å². The van der Waals surface area contributed by atoms with Crippen molar-refractivity contribution < 1.29 is 0 Å². The third-order valence-electron chi connectivity index (χ3n) is 4.45. The first-order valence-electron chi connectivity index (χ1n) is 7.97. The average Bonchev–Trinajstić information content (AvgIpc) is 2.47. The maximum atomic E-state index is 3.78. The van der Waals surface area contributed by atoms with Crippen LogP contribution in [0.15, 0.2) is 22.7 Å². The van der Waals surface area contributed by atoms with E-state index >= 15 is 0 Å². The number of halogens is 1. The lowest BCUT2D eigenvalue weighted by atomic mass is 10.0. The summed E-state index contributed by atoms with van der Waals surface area (Å²) in [6.45, 7) is 7.64. The van der Waals surface area contributed by atoms with E-state index in [-0.39, 0.29) is 0 Å². The molecule has 1 N–H and O–H groups in total. The molecule has 2 atom stereocenters. The molecule has 1 aromatic rings. The van der Waals surface area contributed by atoms with Crippen molar-refractivity contribution in [2.45, 2.75) is 38.8 Å². The molecule has 0 saturated carbocycles. The molecule has 0 aliphatic carbocycles. The van der Waals surface area contributed by atoms with Crippen molar-refractivity contribution in [1.82, 2.24) is 10.2 Å². The topological polar surface area (TPSA) is 18.5 Å². The minimum atomic E-state index is 0.399. The molecule has 1 aromatic carbocycles. The zero-order chi connectivity index (χ0) is 15.4. The zero-order valence-electron chi connectivity index (χ0n) is 13.7. The molecule has 4 heteroatoms. The molecule has 2 rings (SSSR count). The Morgan fingerprint density at radius 3 is 2.81 bits per heavy atom. The molecule has 0 amide bonds. The van der Waals surface area contributed by atoms with E-state index in [0.717, 1.165) is 19.6 Å². The van der Waals surface area contributed by atoms with E-state index < -0.39 is 0 Å². The van der Waals surface area contributed by atoms with Gasteiger partial charge in [-0.2, -0.15) is 0 Å². The quantitative estimate of drug-likeness (QED) is 0.871. The van der Waals surface area contributed by atoms with Gasteiger partial charge in [0.2, 0.25) is 0 Å². The van der Waals surface area contributed by atoms with Gasteiger partial charge < -0.3 is 15.1 Å². The van der Waals surface area contributed by atoms with Crippen molar-refractivity contribution in [1.29, 1.82) is 0 Å². The van der Waals surface area contributed by atoms with Crippen LogP contribution in [0.1, 0.15) is 38.3 Å². The molecule has 0 spiro atoms. The van der Waals surface area contributed by atoms with Gasteiger partial charge in [-0.3, -0.25) is 0 Å². The fourth-order valence-corrected chi connectivity index (χ4v) is 3.72. The molecule has 1 saturated heterocycles. The van der Waals surface area contributed by atoms with Crippen molar-refractivity contribution in [3.05, 3.63) is 28.2 Å². The normalized spacial score (nSPS) is 20.9. The highest BCUT2D eigenvalue weighted by molar-refractivity contribution is 9.10. The number of benzene rings is 1. The van der Waals surface area contributed by atoms with Crippen LogP contribution in [-0.2, 0) is 0 Å². The molecule has 3 nitrogen and oxygen atoms in total. The summed E-state index contributed by atoms with van der Waals surface area (Å²) in [5.74, 6) is 0. The van der Waals surface area contributed by atoms with Crippen LogP contribution >= 0.6 is 15.9 Å². The van der Waals surface area contributed by atoms with Crippen molar-refractivity contribution in [2.24, 2.45) is 0 Å². The van der Waals surface area contributed by atoms with Gasteiger partial charge in [-0.25, -0.2) is 0 Å². The highest BCUT2D eigenvalue weighted by Gasteiger charge is 2.23. The Bertz CT molecular complexity index is 461. The van der Waals surface area contributed by atoms with Gasteiger partial charge in [-0.05, 0) is 74.0 Å². The first-order chi connectivity index (χ1) is 10.0. The number of nitrogens with zero attached hydrogens (tertiary/aromatic N) is 2. The number of anilines is 1. The molecule has 1 fully saturated rings. The standard InChI is InChI=1S/C17H28BrN3/c1-5-19-13(2)14-8-9-17(16(18)11-14)21-10-6-7-15(12-21)20(3)4/h8-9,11,13,15,19H,5-7,10,12H2,1-4H3. The molecule has 1 aliphatic rings. The Labute approximate surface area is 137 Å². The summed E-state index contributed by atoms with van der Waals surface area (Å²) < 4.78 is 1.21. The van der Waals surface area contributed by atoms with E-state index in [2.05, 4.69) is 77.2 Å². The maximum absolute atomic E-state index is 3.78. The second-order valence-electron chi connectivity index (χ2n) is 6.20. The van der Waals surface area contributed by atoms with Crippen LogP contribution in [0.25, 0.3) is 0 Å². The van der Waals surface area contributed by atoms with Crippen molar-refractivity contribution in [3.8, 4) is 0 Å². The van der Waals surface area contributed by atoms with Gasteiger partial charge in [0.25, 0.3) is 0 Å². The lowest BCUT2D eigenvalue weighted by Gasteiger charge is -2.38. The number of hydrogen-bond donors (Lipinski definition) is 1. The number of piperidine rings is 1. The second-order valence-corrected chi connectivity index (χ2v) is 7.05. The van der Waals surface area contributed by atoms with Gasteiger partial charge in [0.05, 0.1) is 5.69 Å². The highest BCUT2D eigenvalue weighted by atomic mass is 79.9. The minimum absolute atomic E-state index is 0.399. The Morgan fingerprint density at radius 1 is 1.43 bits per heavy atom. The van der Waals surface area contributed by atoms with Gasteiger partial charge in [0.1, 0.15) is 0 Å². The second kappa shape index (κ2) is 7.61. The Kier molecular flexibility index (Phi) is 6.08. The van der Waals surface area contributed by atoms with E-state index in [4.69, 9.17) is 0 Å². The molecular weight excluding hydrogens is 326 g/mol. The summed E-state index contributed by atoms with van der Waals surface area (Å²) in [6, 6.07) is 7.85. The molecular formula is C17H28BrN3. The van der Waals surface area contributed by atoms with E-state index in [1.54, 1.807) is 0 Å². The van der Waals surface area contributed by atoms with Crippen LogP contribution in [-0.4, -0.2) is 44.7 Å². The number of likely N-dealkylation sites (N-methyl/N-ethyl adjacent to an activating group) is 1. The van der Waals surface area contributed by atoms with Crippen molar-refractivity contribution in [2.75, 3.05) is 38.6 Å². The van der Waals surface area contributed by atoms with E-state index in [1.165, 1.54) is 28.6 Å². The van der Waals surface area contributed by atoms with Gasteiger partial charge >= 0.3 is 0 Å². The highest BCUT2D eigenvalue weighted by Crippen LogP contribution is 2.31. The van der Waals surface area contributed by atoms with Crippen LogP contribution in [0, 0.1) is 0 Å². The fourth-order valence-electron chi connectivity index (χ4n) is 3.07. The molecule has 0 aromatic heterocycles. The van der Waals surface area contributed by atoms with Gasteiger partial charge in [0, 0.05) is 29.6 Å². The summed E-state index contributed by atoms with van der Waals surface area (Å²) in [5, 5.41) is 3.47. The smallest absolute Gasteiger partial charge is 0.0511 e. The zero-order valence-corrected chi connectivity index (χ0v) is 15.3. The molecule has 2 unspecified atom stereocenters. The molecule has 0 bridgehead atoms. The van der Waals surface area contributed by atoms with Gasteiger partial charge in [-0.1, -0.05) is 13.0 Å². The lowest BCUT2D eigenvalue weighted by Crippen LogP contribution is -2.45. The molecule has 1 aliphatic heterocycles. The average molecular weight is 354 g/mol. The predicted molar refractivity (Wildman–Crippen MR) is 95.2 cm³/mol. The SMILES string of the molecule is CCNC(C)c1ccc(N2CCCC(N(C)C)C2)c(Br)c1. The summed E-state index contributed by atoms with van der Waals surface area (Å²) in [4.78, 5) is 4.86. The first-order valence-corrected chi connectivity index (χ1v) is 8.76. The molecule has 1 heterocycles. The van der Waals surface area contributed by atoms with Crippen molar-refractivity contribution >= 4 is 21.6 Å². The summed E-state index contributed by atoms with van der Waals surface area (Å²) in [6.07, 6.45) is 2.57. The fraction of sp³-hybridized carbons (Fsp3) is 0.647. The Morgan fingerprint density at radius 2 is 2.19 bits per heavy atom. The predicted octanol–water partition coefficient (Wildman–Crippen LogP) is 3.65. The van der Waals surface area contributed by atoms with Crippen LogP contribution in [0.4, 0.5) is 5.69 Å². The third kappa shape index (κ3) is 4.21. The minimum Gasteiger partial charge on any atom is -0.369 e. The Balaban J connectivity index is 2.13. The number of nitrogens with one attached hydrogen (secondary N) is 1. The first kappa shape index (κ1) is 16.8. The van der Waals surface area contributed by atoms with Crippen LogP contribution in [0.5, 0.6) is 0 Å². The summed E-state index contributed by atoms with van der Waals surface area (Å²) >= 11 is 3.78. The lowest BCUT2D eigenvalue weighted by molar-refractivity contribution is 0.258. The van der Waals surface area contributed by atoms with Crippen LogP contribution in [0.3, 0.4) is 0 Å². The van der Waals surface area contributed by atoms with Crippen LogP contribution < -0.4 is 10.2 Å². The monoisotopic (exact) mass is 353 g/mol. The molecule has 0 radical (unpaired) electrons. The largest absolute Gasteiger partial charge is 0.369 e. The summed E-state index contributed by atoms with van der Waals surface area (Å²) in [5.41, 5.74) is 2.67. The van der Waals surface area contributed by atoms with E-state index in [9.17, 15) is 0 Å². The van der Waals surface area contributed by atoms with Crippen LogP contribution in [0.2, 0.25) is 0 Å². The number of hydrogen-bond acceptors (Lipinski definition) is 3.